The molecule has 3 heterocycles. The monoisotopic (exact) mass is 291 g/mol. The summed E-state index contributed by atoms with van der Waals surface area (Å²) in [6.45, 7) is 8.38. The van der Waals surface area contributed by atoms with E-state index >= 15 is 0 Å². The van der Waals surface area contributed by atoms with Gasteiger partial charge in [0.1, 0.15) is 0 Å². The number of hydrogen-bond acceptors (Lipinski definition) is 4. The van der Waals surface area contributed by atoms with Crippen LogP contribution in [0.25, 0.3) is 0 Å². The van der Waals surface area contributed by atoms with Crippen LogP contribution in [-0.2, 0) is 0 Å². The zero-order valence-electron chi connectivity index (χ0n) is 12.7. The van der Waals surface area contributed by atoms with Crippen molar-refractivity contribution in [1.29, 1.82) is 0 Å². The van der Waals surface area contributed by atoms with Gasteiger partial charge in [-0.25, -0.2) is 0 Å². The summed E-state index contributed by atoms with van der Waals surface area (Å²) in [5, 5.41) is 0. The largest absolute Gasteiger partial charge is 0.459 e. The summed E-state index contributed by atoms with van der Waals surface area (Å²) in [6, 6.07) is 3.51. The molecule has 0 aromatic carbocycles. The van der Waals surface area contributed by atoms with Gasteiger partial charge in [0, 0.05) is 39.3 Å². The Morgan fingerprint density at radius 2 is 1.62 bits per heavy atom. The molecule has 0 unspecified atom stereocenters. The van der Waals surface area contributed by atoms with Crippen LogP contribution in [0.5, 0.6) is 0 Å². The van der Waals surface area contributed by atoms with Crippen LogP contribution >= 0.6 is 0 Å². The molecular weight excluding hydrogens is 266 g/mol. The lowest BCUT2D eigenvalue weighted by Crippen LogP contribution is -2.50. The second-order valence-corrected chi connectivity index (χ2v) is 6.01. The molecule has 1 aromatic rings. The van der Waals surface area contributed by atoms with Gasteiger partial charge in [-0.15, -0.1) is 0 Å². The van der Waals surface area contributed by atoms with E-state index in [4.69, 9.17) is 4.42 Å². The van der Waals surface area contributed by atoms with Crippen molar-refractivity contribution in [2.75, 3.05) is 52.4 Å². The average Bonchev–Trinajstić information content (AvgIpc) is 3.08. The van der Waals surface area contributed by atoms with Crippen LogP contribution in [0.1, 0.15) is 29.8 Å². The Morgan fingerprint density at radius 3 is 2.24 bits per heavy atom. The van der Waals surface area contributed by atoms with Gasteiger partial charge < -0.3 is 14.2 Å². The number of furan rings is 1. The second kappa shape index (κ2) is 7.09. The summed E-state index contributed by atoms with van der Waals surface area (Å²) in [5.41, 5.74) is 0. The smallest absolute Gasteiger partial charge is 0.289 e. The first-order valence-corrected chi connectivity index (χ1v) is 8.10. The molecule has 3 rings (SSSR count). The third kappa shape index (κ3) is 3.86. The highest BCUT2D eigenvalue weighted by Gasteiger charge is 2.23. The van der Waals surface area contributed by atoms with Crippen molar-refractivity contribution < 1.29 is 9.21 Å². The number of nitrogens with zero attached hydrogens (tertiary/aromatic N) is 3. The third-order valence-corrected chi connectivity index (χ3v) is 4.57. The Morgan fingerprint density at radius 1 is 0.952 bits per heavy atom. The Balaban J connectivity index is 1.39. The molecule has 0 atom stereocenters. The van der Waals surface area contributed by atoms with E-state index in [-0.39, 0.29) is 5.91 Å². The molecule has 0 radical (unpaired) electrons. The van der Waals surface area contributed by atoms with E-state index < -0.39 is 0 Å². The van der Waals surface area contributed by atoms with Gasteiger partial charge in [0.05, 0.1) is 6.26 Å². The van der Waals surface area contributed by atoms with Gasteiger partial charge >= 0.3 is 0 Å². The predicted octanol–water partition coefficient (Wildman–Crippen LogP) is 1.52. The Labute approximate surface area is 126 Å². The fraction of sp³-hybridized carbons (Fsp3) is 0.688. The quantitative estimate of drug-likeness (QED) is 0.843. The molecule has 2 aliphatic heterocycles. The summed E-state index contributed by atoms with van der Waals surface area (Å²) in [7, 11) is 0. The minimum atomic E-state index is 0.0238. The van der Waals surface area contributed by atoms with Crippen molar-refractivity contribution in [3.8, 4) is 0 Å². The van der Waals surface area contributed by atoms with Gasteiger partial charge in [-0.2, -0.15) is 0 Å². The van der Waals surface area contributed by atoms with E-state index in [0.29, 0.717) is 5.76 Å². The highest BCUT2D eigenvalue weighted by Crippen LogP contribution is 2.11. The van der Waals surface area contributed by atoms with Gasteiger partial charge in [0.25, 0.3) is 5.91 Å². The number of piperidine rings is 1. The molecule has 0 saturated carbocycles. The van der Waals surface area contributed by atoms with Gasteiger partial charge in [-0.3, -0.25) is 9.69 Å². The van der Waals surface area contributed by atoms with Gasteiger partial charge in [-0.1, -0.05) is 6.42 Å². The zero-order chi connectivity index (χ0) is 14.5. The molecule has 5 heteroatoms. The molecular formula is C16H25N3O2. The molecule has 0 N–H and O–H groups in total. The number of carbonyl (C=O) groups is 1. The first-order chi connectivity index (χ1) is 10.3. The van der Waals surface area contributed by atoms with Crippen LogP contribution in [0.4, 0.5) is 0 Å². The van der Waals surface area contributed by atoms with Crippen molar-refractivity contribution in [2.45, 2.75) is 19.3 Å². The molecule has 0 aliphatic carbocycles. The van der Waals surface area contributed by atoms with Crippen molar-refractivity contribution in [3.05, 3.63) is 24.2 Å². The van der Waals surface area contributed by atoms with Crippen LogP contribution in [0.15, 0.2) is 22.8 Å². The van der Waals surface area contributed by atoms with E-state index in [9.17, 15) is 4.79 Å². The fourth-order valence-corrected chi connectivity index (χ4v) is 3.20. The molecule has 2 aliphatic rings. The van der Waals surface area contributed by atoms with E-state index in [0.717, 1.165) is 32.7 Å². The first kappa shape index (κ1) is 14.6. The molecule has 1 aromatic heterocycles. The number of hydrogen-bond donors (Lipinski definition) is 0. The normalized spacial score (nSPS) is 21.6. The molecule has 116 valence electrons. The Kier molecular flexibility index (Phi) is 4.93. The van der Waals surface area contributed by atoms with Crippen molar-refractivity contribution in [3.63, 3.8) is 0 Å². The van der Waals surface area contributed by atoms with Crippen LogP contribution in [0.2, 0.25) is 0 Å². The Hall–Kier alpha value is -1.33. The molecule has 21 heavy (non-hydrogen) atoms. The van der Waals surface area contributed by atoms with Crippen molar-refractivity contribution in [2.24, 2.45) is 0 Å². The lowest BCUT2D eigenvalue weighted by molar-refractivity contribution is 0.0589. The van der Waals surface area contributed by atoms with Crippen LogP contribution in [0.3, 0.4) is 0 Å². The van der Waals surface area contributed by atoms with Gasteiger partial charge in [0.2, 0.25) is 0 Å². The van der Waals surface area contributed by atoms with E-state index in [1.807, 2.05) is 4.90 Å². The molecule has 1 amide bonds. The highest BCUT2D eigenvalue weighted by molar-refractivity contribution is 5.91. The molecule has 0 bridgehead atoms. The second-order valence-electron chi connectivity index (χ2n) is 6.01. The topological polar surface area (TPSA) is 39.9 Å². The number of likely N-dealkylation sites (tertiary alicyclic amines) is 1. The number of carbonyl (C=O) groups excluding carboxylic acids is 1. The summed E-state index contributed by atoms with van der Waals surface area (Å²) >= 11 is 0. The van der Waals surface area contributed by atoms with Gasteiger partial charge in [0.15, 0.2) is 5.76 Å². The number of piperazine rings is 1. The molecule has 5 nitrogen and oxygen atoms in total. The molecule has 2 saturated heterocycles. The van der Waals surface area contributed by atoms with Crippen LogP contribution < -0.4 is 0 Å². The first-order valence-electron chi connectivity index (χ1n) is 8.10. The summed E-state index contributed by atoms with van der Waals surface area (Å²) in [6.07, 6.45) is 5.66. The zero-order valence-corrected chi connectivity index (χ0v) is 12.7. The number of rotatable bonds is 4. The van der Waals surface area contributed by atoms with Gasteiger partial charge in [-0.05, 0) is 38.1 Å². The lowest BCUT2D eigenvalue weighted by Gasteiger charge is -2.36. The Bertz CT molecular complexity index is 432. The summed E-state index contributed by atoms with van der Waals surface area (Å²) in [5.74, 6) is 0.479. The molecule has 2 fully saturated rings. The van der Waals surface area contributed by atoms with Crippen LogP contribution in [-0.4, -0.2) is 73.0 Å². The maximum absolute atomic E-state index is 12.2. The SMILES string of the molecule is O=C(c1ccco1)N1CCN(CCN2CCCCC2)CC1. The van der Waals surface area contributed by atoms with E-state index in [1.165, 1.54) is 38.9 Å². The van der Waals surface area contributed by atoms with E-state index in [1.54, 1.807) is 18.4 Å². The van der Waals surface area contributed by atoms with Crippen LogP contribution in [0, 0.1) is 0 Å². The molecule has 0 spiro atoms. The number of amides is 1. The lowest BCUT2D eigenvalue weighted by atomic mass is 10.1. The minimum Gasteiger partial charge on any atom is -0.459 e. The summed E-state index contributed by atoms with van der Waals surface area (Å²) < 4.78 is 5.19. The summed E-state index contributed by atoms with van der Waals surface area (Å²) in [4.78, 5) is 19.1. The van der Waals surface area contributed by atoms with Crippen molar-refractivity contribution in [1.82, 2.24) is 14.7 Å². The highest BCUT2D eigenvalue weighted by atomic mass is 16.3. The maximum atomic E-state index is 12.2. The van der Waals surface area contributed by atoms with E-state index in [2.05, 4.69) is 9.80 Å². The third-order valence-electron chi connectivity index (χ3n) is 4.57. The average molecular weight is 291 g/mol. The van der Waals surface area contributed by atoms with Crippen molar-refractivity contribution >= 4 is 5.91 Å². The predicted molar refractivity (Wildman–Crippen MR) is 81.3 cm³/mol. The fourth-order valence-electron chi connectivity index (χ4n) is 3.20. The standard InChI is InChI=1S/C16H25N3O2/c20-16(15-5-4-14-21-15)19-12-10-18(11-13-19)9-8-17-6-2-1-3-7-17/h4-5,14H,1-3,6-13H2. The minimum absolute atomic E-state index is 0.0238. The maximum Gasteiger partial charge on any atom is 0.289 e.